The van der Waals surface area contributed by atoms with Gasteiger partial charge in [0.2, 0.25) is 0 Å². The van der Waals surface area contributed by atoms with Crippen LogP contribution in [0.2, 0.25) is 5.02 Å². The van der Waals surface area contributed by atoms with Crippen molar-refractivity contribution in [1.29, 1.82) is 0 Å². The zero-order chi connectivity index (χ0) is 24.4. The molecule has 0 N–H and O–H groups in total. The fraction of sp³-hybridized carbons (Fsp3) is 0.259. The Kier molecular flexibility index (Phi) is 7.19. The van der Waals surface area contributed by atoms with E-state index in [9.17, 15) is 9.59 Å². The zero-order valence-corrected chi connectivity index (χ0v) is 21.2. The van der Waals surface area contributed by atoms with Crippen LogP contribution in [0, 0.1) is 13.8 Å². The van der Waals surface area contributed by atoms with Crippen LogP contribution in [-0.4, -0.2) is 26.7 Å². The van der Waals surface area contributed by atoms with E-state index in [1.165, 1.54) is 4.90 Å². The average molecular weight is 495 g/mol. The van der Waals surface area contributed by atoms with Crippen molar-refractivity contribution in [3.8, 4) is 11.4 Å². The molecular weight excluding hydrogens is 468 g/mol. The summed E-state index contributed by atoms with van der Waals surface area (Å²) in [7, 11) is 0. The molecule has 2 aromatic carbocycles. The van der Waals surface area contributed by atoms with Gasteiger partial charge in [0.15, 0.2) is 0 Å². The van der Waals surface area contributed by atoms with Crippen LogP contribution in [0.15, 0.2) is 59.5 Å². The molecule has 7 heteroatoms. The number of carbonyl (C=O) groups excluding carboxylic acids is 2. The number of halogens is 1. The monoisotopic (exact) mass is 494 g/mol. The third-order valence-electron chi connectivity index (χ3n) is 6.03. The van der Waals surface area contributed by atoms with Crippen molar-refractivity contribution in [1.82, 2.24) is 9.47 Å². The minimum Gasteiger partial charge on any atom is -0.489 e. The number of aryl methyl sites for hydroxylation is 1. The van der Waals surface area contributed by atoms with Gasteiger partial charge in [-0.05, 0) is 98.6 Å². The van der Waals surface area contributed by atoms with Gasteiger partial charge >= 0.3 is 0 Å². The number of ether oxygens (including phenoxy) is 1. The van der Waals surface area contributed by atoms with E-state index in [-0.39, 0.29) is 17.2 Å². The lowest BCUT2D eigenvalue weighted by Crippen LogP contribution is -2.36. The van der Waals surface area contributed by atoms with Crippen LogP contribution in [0.3, 0.4) is 0 Å². The summed E-state index contributed by atoms with van der Waals surface area (Å²) in [6, 6.07) is 17.4. The topological polar surface area (TPSA) is 51.5 Å². The minimum atomic E-state index is -0.212. The number of thioether (sulfide) groups is 1. The molecule has 0 saturated carbocycles. The summed E-state index contributed by atoms with van der Waals surface area (Å²) in [6.45, 7) is 8.38. The molecule has 1 aliphatic rings. The summed E-state index contributed by atoms with van der Waals surface area (Å²) in [5, 5.41) is 0.504. The summed E-state index contributed by atoms with van der Waals surface area (Å²) in [5.41, 5.74) is 5.02. The van der Waals surface area contributed by atoms with Crippen molar-refractivity contribution in [2.75, 3.05) is 0 Å². The van der Waals surface area contributed by atoms with Crippen molar-refractivity contribution in [2.24, 2.45) is 0 Å². The van der Waals surface area contributed by atoms with Gasteiger partial charge in [-0.15, -0.1) is 0 Å². The molecule has 0 aliphatic carbocycles. The number of amides is 2. The maximum atomic E-state index is 12.8. The number of hydrogen-bond acceptors (Lipinski definition) is 4. The van der Waals surface area contributed by atoms with Gasteiger partial charge in [-0.3, -0.25) is 14.5 Å². The van der Waals surface area contributed by atoms with Crippen molar-refractivity contribution >= 4 is 40.6 Å². The highest BCUT2D eigenvalue weighted by molar-refractivity contribution is 8.18. The molecule has 1 fully saturated rings. The fourth-order valence-corrected chi connectivity index (χ4v) is 5.00. The smallest absolute Gasteiger partial charge is 0.293 e. The Morgan fingerprint density at radius 3 is 2.38 bits per heavy atom. The molecule has 0 bridgehead atoms. The third-order valence-corrected chi connectivity index (χ3v) is 7.16. The van der Waals surface area contributed by atoms with Crippen molar-refractivity contribution in [2.45, 2.75) is 46.8 Å². The standard InChI is InChI=1S/C27H27ClN2O3S/c1-5-17(2)30-26(31)25(34-27(30)32)15-21-14-18(3)29(19(21)4)23-10-12-24(13-11-23)33-16-20-6-8-22(28)9-7-20/h6-15,17H,5,16H2,1-4H3/b25-15+/t17-/m0/s1. The predicted octanol–water partition coefficient (Wildman–Crippen LogP) is 7.16. The molecule has 2 amide bonds. The highest BCUT2D eigenvalue weighted by atomic mass is 35.5. The maximum absolute atomic E-state index is 12.8. The van der Waals surface area contributed by atoms with E-state index in [1.54, 1.807) is 0 Å². The van der Waals surface area contributed by atoms with Gasteiger partial charge in [0.05, 0.1) is 4.91 Å². The number of imide groups is 1. The first kappa shape index (κ1) is 24.2. The van der Waals surface area contributed by atoms with E-state index in [0.717, 1.165) is 52.1 Å². The molecule has 0 unspecified atom stereocenters. The van der Waals surface area contributed by atoms with Crippen LogP contribution in [0.5, 0.6) is 5.75 Å². The van der Waals surface area contributed by atoms with Gasteiger partial charge in [0.25, 0.3) is 11.1 Å². The first-order valence-corrected chi connectivity index (χ1v) is 12.4. The Balaban J connectivity index is 1.52. The average Bonchev–Trinajstić information content (AvgIpc) is 3.27. The largest absolute Gasteiger partial charge is 0.489 e. The lowest BCUT2D eigenvalue weighted by atomic mass is 10.2. The molecule has 176 valence electrons. The highest BCUT2D eigenvalue weighted by Gasteiger charge is 2.37. The molecule has 5 nitrogen and oxygen atoms in total. The zero-order valence-electron chi connectivity index (χ0n) is 19.7. The number of rotatable bonds is 7. The number of carbonyl (C=O) groups is 2. The van der Waals surface area contributed by atoms with Crippen LogP contribution in [0.25, 0.3) is 11.8 Å². The lowest BCUT2D eigenvalue weighted by Gasteiger charge is -2.19. The van der Waals surface area contributed by atoms with Gasteiger partial charge in [-0.1, -0.05) is 30.7 Å². The Morgan fingerprint density at radius 2 is 1.74 bits per heavy atom. The summed E-state index contributed by atoms with van der Waals surface area (Å²) in [4.78, 5) is 27.0. The maximum Gasteiger partial charge on any atom is 0.293 e. The Hall–Kier alpha value is -2.96. The number of hydrogen-bond donors (Lipinski definition) is 0. The minimum absolute atomic E-state index is 0.105. The van der Waals surface area contributed by atoms with E-state index < -0.39 is 0 Å². The van der Waals surface area contributed by atoms with Gasteiger partial charge in [0, 0.05) is 28.1 Å². The van der Waals surface area contributed by atoms with E-state index in [2.05, 4.69) is 4.57 Å². The second kappa shape index (κ2) is 10.1. The summed E-state index contributed by atoms with van der Waals surface area (Å²) in [6.07, 6.45) is 2.56. The van der Waals surface area contributed by atoms with E-state index in [4.69, 9.17) is 16.3 Å². The fourth-order valence-electron chi connectivity index (χ4n) is 3.95. The van der Waals surface area contributed by atoms with Crippen LogP contribution in [-0.2, 0) is 11.4 Å². The SMILES string of the molecule is CC[C@H](C)N1C(=O)S/C(=C/c2cc(C)n(-c3ccc(OCc4ccc(Cl)cc4)cc3)c2C)C1=O. The number of aromatic nitrogens is 1. The number of nitrogens with zero attached hydrogens (tertiary/aromatic N) is 2. The van der Waals surface area contributed by atoms with E-state index in [0.29, 0.717) is 16.5 Å². The molecule has 34 heavy (non-hydrogen) atoms. The summed E-state index contributed by atoms with van der Waals surface area (Å²) in [5.74, 6) is 0.566. The third kappa shape index (κ3) is 4.93. The molecule has 0 radical (unpaired) electrons. The molecule has 1 aliphatic heterocycles. The molecule has 3 aromatic rings. The van der Waals surface area contributed by atoms with Crippen LogP contribution < -0.4 is 4.74 Å². The lowest BCUT2D eigenvalue weighted by molar-refractivity contribution is -0.124. The Bertz CT molecular complexity index is 1250. The van der Waals surface area contributed by atoms with Crippen molar-refractivity contribution < 1.29 is 14.3 Å². The van der Waals surface area contributed by atoms with Crippen LogP contribution in [0.1, 0.15) is 42.8 Å². The van der Waals surface area contributed by atoms with Gasteiger partial charge in [-0.25, -0.2) is 0 Å². The molecule has 1 aromatic heterocycles. The van der Waals surface area contributed by atoms with E-state index in [1.807, 2.05) is 88.4 Å². The van der Waals surface area contributed by atoms with Crippen LogP contribution >= 0.6 is 23.4 Å². The van der Waals surface area contributed by atoms with E-state index >= 15 is 0 Å². The van der Waals surface area contributed by atoms with Crippen molar-refractivity contribution in [3.05, 3.63) is 87.0 Å². The van der Waals surface area contributed by atoms with Gasteiger partial charge in [0.1, 0.15) is 12.4 Å². The molecule has 2 heterocycles. The molecule has 1 saturated heterocycles. The Morgan fingerprint density at radius 1 is 1.06 bits per heavy atom. The Labute approximate surface area is 209 Å². The first-order chi connectivity index (χ1) is 16.3. The van der Waals surface area contributed by atoms with Gasteiger partial charge < -0.3 is 9.30 Å². The first-order valence-electron chi connectivity index (χ1n) is 11.2. The molecule has 0 spiro atoms. The molecular formula is C27H27ClN2O3S. The highest BCUT2D eigenvalue weighted by Crippen LogP contribution is 2.35. The second-order valence-electron chi connectivity index (χ2n) is 8.38. The number of benzene rings is 2. The summed E-state index contributed by atoms with van der Waals surface area (Å²) >= 11 is 6.95. The van der Waals surface area contributed by atoms with Gasteiger partial charge in [-0.2, -0.15) is 0 Å². The summed E-state index contributed by atoms with van der Waals surface area (Å²) < 4.78 is 8.03. The molecule has 4 rings (SSSR count). The second-order valence-corrected chi connectivity index (χ2v) is 9.81. The quantitative estimate of drug-likeness (QED) is 0.327. The van der Waals surface area contributed by atoms with Crippen LogP contribution in [0.4, 0.5) is 4.79 Å². The molecule has 1 atom stereocenters. The van der Waals surface area contributed by atoms with Crippen molar-refractivity contribution in [3.63, 3.8) is 0 Å². The normalized spacial score (nSPS) is 15.9. The predicted molar refractivity (Wildman–Crippen MR) is 139 cm³/mol.